The van der Waals surface area contributed by atoms with Gasteiger partial charge in [-0.1, -0.05) is 24.3 Å². The molecule has 0 saturated carbocycles. The maximum absolute atomic E-state index is 12.3. The molecule has 1 saturated heterocycles. The van der Waals surface area contributed by atoms with Crippen molar-refractivity contribution in [2.45, 2.75) is 38.3 Å². The second kappa shape index (κ2) is 8.79. The molecule has 1 aliphatic rings. The fourth-order valence-corrected chi connectivity index (χ4v) is 3.22. The van der Waals surface area contributed by atoms with Gasteiger partial charge in [0.25, 0.3) is 5.91 Å². The minimum Gasteiger partial charge on any atom is -0.380 e. The van der Waals surface area contributed by atoms with Crippen molar-refractivity contribution in [1.82, 2.24) is 5.32 Å². The Labute approximate surface area is 149 Å². The second-order valence-corrected chi connectivity index (χ2v) is 6.61. The van der Waals surface area contributed by atoms with Crippen LogP contribution in [0.3, 0.4) is 0 Å². The second-order valence-electron chi connectivity index (χ2n) is 6.61. The predicted molar refractivity (Wildman–Crippen MR) is 101 cm³/mol. The Morgan fingerprint density at radius 3 is 2.48 bits per heavy atom. The van der Waals surface area contributed by atoms with E-state index in [0.717, 1.165) is 24.2 Å². The lowest BCUT2D eigenvalue weighted by atomic mass is 10.0. The van der Waals surface area contributed by atoms with Crippen LogP contribution in [0, 0.1) is 0 Å². The molecule has 4 heteroatoms. The van der Waals surface area contributed by atoms with E-state index in [-0.39, 0.29) is 5.91 Å². The first kappa shape index (κ1) is 17.6. The van der Waals surface area contributed by atoms with E-state index >= 15 is 0 Å². The third kappa shape index (κ3) is 5.15. The third-order valence-electron chi connectivity index (χ3n) is 4.68. The van der Waals surface area contributed by atoms with E-state index in [1.807, 2.05) is 36.4 Å². The van der Waals surface area contributed by atoms with Gasteiger partial charge in [0, 0.05) is 24.4 Å². The molecule has 1 fully saturated rings. The Balaban J connectivity index is 1.52. The van der Waals surface area contributed by atoms with Crippen LogP contribution < -0.4 is 10.6 Å². The van der Waals surface area contributed by atoms with Gasteiger partial charge in [-0.3, -0.25) is 4.79 Å². The van der Waals surface area contributed by atoms with Gasteiger partial charge >= 0.3 is 0 Å². The van der Waals surface area contributed by atoms with E-state index in [1.54, 1.807) is 7.11 Å². The molecule has 25 heavy (non-hydrogen) atoms. The number of methoxy groups -OCH3 is 1. The van der Waals surface area contributed by atoms with E-state index < -0.39 is 0 Å². The zero-order chi connectivity index (χ0) is 17.5. The smallest absolute Gasteiger partial charge is 0.255 e. The molecule has 1 aliphatic heterocycles. The number of rotatable bonds is 7. The summed E-state index contributed by atoms with van der Waals surface area (Å²) >= 11 is 0. The van der Waals surface area contributed by atoms with Crippen molar-refractivity contribution in [3.8, 4) is 0 Å². The summed E-state index contributed by atoms with van der Waals surface area (Å²) in [5, 5.41) is 6.48. The Morgan fingerprint density at radius 1 is 1.12 bits per heavy atom. The number of carbonyl (C=O) groups is 1. The molecule has 2 aromatic rings. The summed E-state index contributed by atoms with van der Waals surface area (Å²) < 4.78 is 5.08. The maximum atomic E-state index is 12.3. The summed E-state index contributed by atoms with van der Waals surface area (Å²) in [6.45, 7) is 1.71. The molecule has 0 aliphatic carbocycles. The van der Waals surface area contributed by atoms with Crippen LogP contribution in [0.1, 0.15) is 40.7 Å². The number of amides is 1. The molecule has 1 amide bonds. The number of benzene rings is 2. The summed E-state index contributed by atoms with van der Waals surface area (Å²) in [5.41, 5.74) is 3.85. The molecule has 0 spiro atoms. The minimum atomic E-state index is -0.0909. The third-order valence-corrected chi connectivity index (χ3v) is 4.68. The van der Waals surface area contributed by atoms with Crippen molar-refractivity contribution in [2.24, 2.45) is 0 Å². The van der Waals surface area contributed by atoms with Crippen LogP contribution in [0.15, 0.2) is 48.5 Å². The summed E-state index contributed by atoms with van der Waals surface area (Å²) in [5.74, 6) is -0.0909. The van der Waals surface area contributed by atoms with Crippen molar-refractivity contribution in [1.29, 1.82) is 0 Å². The van der Waals surface area contributed by atoms with E-state index in [4.69, 9.17) is 4.74 Å². The van der Waals surface area contributed by atoms with Crippen molar-refractivity contribution < 1.29 is 9.53 Å². The molecule has 1 heterocycles. The molecule has 0 aromatic heterocycles. The van der Waals surface area contributed by atoms with Crippen molar-refractivity contribution in [2.75, 3.05) is 19.0 Å². The minimum absolute atomic E-state index is 0.0909. The Kier molecular flexibility index (Phi) is 6.20. The highest BCUT2D eigenvalue weighted by Gasteiger charge is 2.13. The molecule has 4 nitrogen and oxygen atoms in total. The van der Waals surface area contributed by atoms with Crippen molar-refractivity contribution >= 4 is 11.6 Å². The normalized spacial score (nSPS) is 16.8. The van der Waals surface area contributed by atoms with E-state index in [9.17, 15) is 4.79 Å². The topological polar surface area (TPSA) is 50.4 Å². The lowest BCUT2D eigenvalue weighted by molar-refractivity contribution is 0.102. The van der Waals surface area contributed by atoms with Gasteiger partial charge in [-0.25, -0.2) is 0 Å². The molecule has 2 N–H and O–H groups in total. The average Bonchev–Trinajstić information content (AvgIpc) is 3.15. The summed E-state index contributed by atoms with van der Waals surface area (Å²) in [6.07, 6.45) is 4.84. The first-order valence-electron chi connectivity index (χ1n) is 8.96. The van der Waals surface area contributed by atoms with Crippen LogP contribution in [0.5, 0.6) is 0 Å². The Morgan fingerprint density at radius 2 is 1.84 bits per heavy atom. The molecule has 3 rings (SSSR count). The standard InChI is InChI=1S/C21H26N2O2/c1-25-15-17-4-9-18(10-5-17)21(24)23-20-12-7-16(8-13-20)6-11-19-3-2-14-22-19/h4-5,7-10,12-13,19,22H,2-3,6,11,14-15H2,1H3,(H,23,24). The number of ether oxygens (including phenoxy) is 1. The predicted octanol–water partition coefficient (Wildman–Crippen LogP) is 3.77. The quantitative estimate of drug-likeness (QED) is 0.808. The van der Waals surface area contributed by atoms with Gasteiger partial charge in [0.15, 0.2) is 0 Å². The highest BCUT2D eigenvalue weighted by atomic mass is 16.5. The SMILES string of the molecule is COCc1ccc(C(=O)Nc2ccc(CCC3CCCN3)cc2)cc1. The average molecular weight is 338 g/mol. The summed E-state index contributed by atoms with van der Waals surface area (Å²) in [7, 11) is 1.66. The van der Waals surface area contributed by atoms with E-state index in [0.29, 0.717) is 18.2 Å². The molecular weight excluding hydrogens is 312 g/mol. The van der Waals surface area contributed by atoms with Crippen LogP contribution in [-0.4, -0.2) is 25.6 Å². The van der Waals surface area contributed by atoms with Gasteiger partial charge in [0.1, 0.15) is 0 Å². The van der Waals surface area contributed by atoms with Crippen molar-refractivity contribution in [3.63, 3.8) is 0 Å². The van der Waals surface area contributed by atoms with Crippen LogP contribution in [0.2, 0.25) is 0 Å². The molecule has 2 aromatic carbocycles. The number of hydrogen-bond donors (Lipinski definition) is 2. The Hall–Kier alpha value is -2.17. The molecule has 0 bridgehead atoms. The largest absolute Gasteiger partial charge is 0.380 e. The molecular formula is C21H26N2O2. The zero-order valence-electron chi connectivity index (χ0n) is 14.8. The molecule has 1 unspecified atom stereocenters. The van der Waals surface area contributed by atoms with E-state index in [2.05, 4.69) is 22.8 Å². The number of nitrogens with one attached hydrogen (secondary N) is 2. The highest BCUT2D eigenvalue weighted by Crippen LogP contribution is 2.16. The van der Waals surface area contributed by atoms with Gasteiger partial charge < -0.3 is 15.4 Å². The van der Waals surface area contributed by atoms with Crippen molar-refractivity contribution in [3.05, 3.63) is 65.2 Å². The van der Waals surface area contributed by atoms with Gasteiger partial charge in [-0.2, -0.15) is 0 Å². The lowest BCUT2D eigenvalue weighted by Gasteiger charge is -2.10. The van der Waals surface area contributed by atoms with Crippen LogP contribution in [-0.2, 0) is 17.8 Å². The van der Waals surface area contributed by atoms with Gasteiger partial charge in [0.2, 0.25) is 0 Å². The Bertz CT molecular complexity index is 674. The monoisotopic (exact) mass is 338 g/mol. The van der Waals surface area contributed by atoms with Crippen LogP contribution in [0.25, 0.3) is 0 Å². The number of aryl methyl sites for hydroxylation is 1. The first-order valence-corrected chi connectivity index (χ1v) is 8.96. The van der Waals surface area contributed by atoms with E-state index in [1.165, 1.54) is 24.8 Å². The maximum Gasteiger partial charge on any atom is 0.255 e. The van der Waals surface area contributed by atoms with Gasteiger partial charge in [0.05, 0.1) is 6.61 Å². The summed E-state index contributed by atoms with van der Waals surface area (Å²) in [6, 6.07) is 16.3. The number of anilines is 1. The first-order chi connectivity index (χ1) is 12.2. The molecule has 1 atom stereocenters. The number of hydrogen-bond acceptors (Lipinski definition) is 3. The summed E-state index contributed by atoms with van der Waals surface area (Å²) in [4.78, 5) is 12.3. The molecule has 0 radical (unpaired) electrons. The fraction of sp³-hybridized carbons (Fsp3) is 0.381. The highest BCUT2D eigenvalue weighted by molar-refractivity contribution is 6.04. The van der Waals surface area contributed by atoms with Gasteiger partial charge in [-0.15, -0.1) is 0 Å². The number of carbonyl (C=O) groups excluding carboxylic acids is 1. The van der Waals surface area contributed by atoms with Gasteiger partial charge in [-0.05, 0) is 67.6 Å². The lowest BCUT2D eigenvalue weighted by Crippen LogP contribution is -2.21. The van der Waals surface area contributed by atoms with Crippen LogP contribution >= 0.6 is 0 Å². The zero-order valence-corrected chi connectivity index (χ0v) is 14.8. The van der Waals surface area contributed by atoms with Crippen LogP contribution in [0.4, 0.5) is 5.69 Å². The fourth-order valence-electron chi connectivity index (χ4n) is 3.22. The molecule has 132 valence electrons.